The smallest absolute Gasteiger partial charge is 0.248 e. The van der Waals surface area contributed by atoms with Gasteiger partial charge in [-0.3, -0.25) is 9.59 Å². The van der Waals surface area contributed by atoms with E-state index >= 15 is 0 Å². The third kappa shape index (κ3) is 3.30. The van der Waals surface area contributed by atoms with Crippen molar-refractivity contribution in [2.45, 2.75) is 57.0 Å². The summed E-state index contributed by atoms with van der Waals surface area (Å²) in [7, 11) is 0. The van der Waals surface area contributed by atoms with Crippen LogP contribution < -0.4 is 5.73 Å². The molecule has 1 atom stereocenters. The van der Waals surface area contributed by atoms with Gasteiger partial charge in [-0.05, 0) is 29.4 Å². The number of rotatable bonds is 3. The highest BCUT2D eigenvalue weighted by atomic mass is 16.5. The van der Waals surface area contributed by atoms with Crippen LogP contribution >= 0.6 is 0 Å². The lowest BCUT2D eigenvalue weighted by molar-refractivity contribution is -0.152. The van der Waals surface area contributed by atoms with E-state index < -0.39 is 17.4 Å². The lowest BCUT2D eigenvalue weighted by Crippen LogP contribution is -2.57. The maximum Gasteiger partial charge on any atom is 0.248 e. The van der Waals surface area contributed by atoms with Crippen LogP contribution in [0.1, 0.15) is 51.2 Å². The maximum atomic E-state index is 13.3. The Balaban J connectivity index is 1.83. The molecule has 1 aromatic rings. The van der Waals surface area contributed by atoms with Gasteiger partial charge in [0.25, 0.3) is 0 Å². The van der Waals surface area contributed by atoms with Gasteiger partial charge < -0.3 is 15.4 Å². The zero-order valence-corrected chi connectivity index (χ0v) is 15.4. The number of primary amides is 1. The lowest BCUT2D eigenvalue weighted by atomic mass is 9.63. The van der Waals surface area contributed by atoms with Crippen molar-refractivity contribution >= 4 is 11.8 Å². The van der Waals surface area contributed by atoms with E-state index in [1.54, 1.807) is 4.90 Å². The second kappa shape index (κ2) is 6.45. The molecule has 1 aliphatic heterocycles. The average molecular weight is 344 g/mol. The molecule has 1 aliphatic carbocycles. The molecule has 5 heteroatoms. The number of benzene rings is 1. The summed E-state index contributed by atoms with van der Waals surface area (Å²) < 4.78 is 5.37. The Morgan fingerprint density at radius 2 is 1.84 bits per heavy atom. The Bertz CT molecular complexity index is 657. The van der Waals surface area contributed by atoms with Crippen molar-refractivity contribution in [3.63, 3.8) is 0 Å². The van der Waals surface area contributed by atoms with E-state index in [1.165, 1.54) is 5.56 Å². The van der Waals surface area contributed by atoms with Gasteiger partial charge in [0.15, 0.2) is 6.10 Å². The topological polar surface area (TPSA) is 72.6 Å². The molecule has 5 nitrogen and oxygen atoms in total. The van der Waals surface area contributed by atoms with Crippen molar-refractivity contribution in [2.24, 2.45) is 5.73 Å². The molecule has 25 heavy (non-hydrogen) atoms. The molecular formula is C20H28N2O3. The van der Waals surface area contributed by atoms with Crippen LogP contribution in [-0.2, 0) is 25.2 Å². The fraction of sp³-hybridized carbons (Fsp3) is 0.600. The third-order valence-corrected chi connectivity index (χ3v) is 5.59. The molecule has 1 heterocycles. The first-order valence-corrected chi connectivity index (χ1v) is 9.05. The van der Waals surface area contributed by atoms with E-state index in [0.29, 0.717) is 13.2 Å². The van der Waals surface area contributed by atoms with Gasteiger partial charge in [-0.25, -0.2) is 0 Å². The van der Waals surface area contributed by atoms with Crippen molar-refractivity contribution in [1.82, 2.24) is 4.90 Å². The van der Waals surface area contributed by atoms with Crippen LogP contribution in [0.5, 0.6) is 0 Å². The SMILES string of the molecule is CC(C)(C)c1ccc(C2(C(=O)N3CCO[C@@H](C(N)=O)C3)CCC2)cc1. The monoisotopic (exact) mass is 344 g/mol. The van der Waals surface area contributed by atoms with E-state index in [0.717, 1.165) is 24.8 Å². The molecule has 2 N–H and O–H groups in total. The quantitative estimate of drug-likeness (QED) is 0.913. The van der Waals surface area contributed by atoms with E-state index in [9.17, 15) is 9.59 Å². The molecule has 1 saturated heterocycles. The molecule has 0 aromatic heterocycles. The number of carbonyl (C=O) groups excluding carboxylic acids is 2. The van der Waals surface area contributed by atoms with Crippen LogP contribution in [0.2, 0.25) is 0 Å². The molecule has 2 amide bonds. The summed E-state index contributed by atoms with van der Waals surface area (Å²) in [5.41, 5.74) is 7.34. The van der Waals surface area contributed by atoms with Crippen LogP contribution in [0.25, 0.3) is 0 Å². The van der Waals surface area contributed by atoms with Crippen LogP contribution in [0.4, 0.5) is 0 Å². The Morgan fingerprint density at radius 3 is 2.32 bits per heavy atom. The standard InChI is InChI=1S/C20H28N2O3/c1-19(2,3)14-5-7-15(8-6-14)20(9-4-10-20)18(24)22-11-12-25-16(13-22)17(21)23/h5-8,16H,4,9-13H2,1-3H3,(H2,21,23)/t16-/m1/s1. The van der Waals surface area contributed by atoms with Crippen molar-refractivity contribution in [2.75, 3.05) is 19.7 Å². The molecule has 2 fully saturated rings. The highest BCUT2D eigenvalue weighted by molar-refractivity contribution is 5.90. The molecule has 0 unspecified atom stereocenters. The number of ether oxygens (including phenoxy) is 1. The third-order valence-electron chi connectivity index (χ3n) is 5.59. The van der Waals surface area contributed by atoms with E-state index in [2.05, 4.69) is 45.0 Å². The maximum absolute atomic E-state index is 13.3. The second-order valence-electron chi connectivity index (χ2n) is 8.28. The number of amides is 2. The van der Waals surface area contributed by atoms with E-state index in [4.69, 9.17) is 10.5 Å². The van der Waals surface area contributed by atoms with Gasteiger partial charge in [-0.1, -0.05) is 51.5 Å². The number of carbonyl (C=O) groups is 2. The minimum atomic E-state index is -0.696. The van der Waals surface area contributed by atoms with Gasteiger partial charge in [-0.15, -0.1) is 0 Å². The average Bonchev–Trinajstić information content (AvgIpc) is 2.53. The highest BCUT2D eigenvalue weighted by Crippen LogP contribution is 2.45. The summed E-state index contributed by atoms with van der Waals surface area (Å²) in [6.45, 7) is 7.69. The molecular weight excluding hydrogens is 316 g/mol. The fourth-order valence-corrected chi connectivity index (χ4v) is 3.75. The minimum Gasteiger partial charge on any atom is -0.367 e. The highest BCUT2D eigenvalue weighted by Gasteiger charge is 2.48. The number of morpholine rings is 1. The van der Waals surface area contributed by atoms with Gasteiger partial charge in [0.05, 0.1) is 18.6 Å². The molecule has 136 valence electrons. The predicted molar refractivity (Wildman–Crippen MR) is 96.2 cm³/mol. The second-order valence-corrected chi connectivity index (χ2v) is 8.28. The van der Waals surface area contributed by atoms with Crippen LogP contribution in [0.15, 0.2) is 24.3 Å². The predicted octanol–water partition coefficient (Wildman–Crippen LogP) is 2.12. The van der Waals surface area contributed by atoms with Crippen LogP contribution in [0, 0.1) is 0 Å². The van der Waals surface area contributed by atoms with E-state index in [1.807, 2.05) is 0 Å². The Labute approximate surface area is 149 Å². The molecule has 0 radical (unpaired) electrons. The van der Waals surface area contributed by atoms with Crippen molar-refractivity contribution in [3.05, 3.63) is 35.4 Å². The van der Waals surface area contributed by atoms with Gasteiger partial charge in [0.1, 0.15) is 0 Å². The summed E-state index contributed by atoms with van der Waals surface area (Å²) in [6, 6.07) is 8.47. The van der Waals surface area contributed by atoms with Crippen molar-refractivity contribution < 1.29 is 14.3 Å². The summed E-state index contributed by atoms with van der Waals surface area (Å²) in [6.07, 6.45) is 2.08. The Morgan fingerprint density at radius 1 is 1.20 bits per heavy atom. The molecule has 0 bridgehead atoms. The van der Waals surface area contributed by atoms with Crippen LogP contribution in [-0.4, -0.2) is 42.5 Å². The van der Waals surface area contributed by atoms with Gasteiger partial charge in [0.2, 0.25) is 11.8 Å². The van der Waals surface area contributed by atoms with Gasteiger partial charge in [0, 0.05) is 6.54 Å². The summed E-state index contributed by atoms with van der Waals surface area (Å²) >= 11 is 0. The van der Waals surface area contributed by atoms with Crippen molar-refractivity contribution in [3.8, 4) is 0 Å². The molecule has 0 spiro atoms. The fourth-order valence-electron chi connectivity index (χ4n) is 3.75. The first kappa shape index (κ1) is 17.9. The minimum absolute atomic E-state index is 0.0915. The summed E-state index contributed by atoms with van der Waals surface area (Å²) in [5, 5.41) is 0. The van der Waals surface area contributed by atoms with Crippen molar-refractivity contribution in [1.29, 1.82) is 0 Å². The largest absolute Gasteiger partial charge is 0.367 e. The molecule has 3 rings (SSSR count). The first-order chi connectivity index (χ1) is 11.7. The Hall–Kier alpha value is -1.88. The molecule has 2 aliphatic rings. The summed E-state index contributed by atoms with van der Waals surface area (Å²) in [4.78, 5) is 26.4. The molecule has 1 saturated carbocycles. The number of hydrogen-bond donors (Lipinski definition) is 1. The first-order valence-electron chi connectivity index (χ1n) is 9.05. The van der Waals surface area contributed by atoms with Gasteiger partial charge >= 0.3 is 0 Å². The van der Waals surface area contributed by atoms with Gasteiger partial charge in [-0.2, -0.15) is 0 Å². The van der Waals surface area contributed by atoms with Crippen LogP contribution in [0.3, 0.4) is 0 Å². The number of nitrogens with zero attached hydrogens (tertiary/aromatic N) is 1. The van der Waals surface area contributed by atoms with E-state index in [-0.39, 0.29) is 17.9 Å². The lowest BCUT2D eigenvalue weighted by Gasteiger charge is -2.45. The Kier molecular flexibility index (Phi) is 4.62. The summed E-state index contributed by atoms with van der Waals surface area (Å²) in [5.74, 6) is -0.397. The normalized spacial score (nSPS) is 23.0. The zero-order valence-electron chi connectivity index (χ0n) is 15.4. The number of nitrogens with two attached hydrogens (primary N) is 1. The zero-order chi connectivity index (χ0) is 18.2. The molecule has 1 aromatic carbocycles. The number of hydrogen-bond acceptors (Lipinski definition) is 3.